The molecule has 0 bridgehead atoms. The van der Waals surface area contributed by atoms with Gasteiger partial charge in [0.05, 0.1) is 46.6 Å². The van der Waals surface area contributed by atoms with Crippen LogP contribution in [0.3, 0.4) is 0 Å². The summed E-state index contributed by atoms with van der Waals surface area (Å²) >= 11 is 11.9. The van der Waals surface area contributed by atoms with Crippen LogP contribution >= 0.6 is 23.2 Å². The highest BCUT2D eigenvalue weighted by Crippen LogP contribution is 2.28. The van der Waals surface area contributed by atoms with Gasteiger partial charge in [-0.05, 0) is 74.8 Å². The number of Topliss-reactive ketones (excluding diaryl/α,β-unsaturated/α-hetero) is 1. The maximum atomic E-state index is 13.7. The van der Waals surface area contributed by atoms with E-state index in [1.807, 2.05) is 14.1 Å². The van der Waals surface area contributed by atoms with Crippen molar-refractivity contribution in [3.63, 3.8) is 0 Å². The maximum Gasteiger partial charge on any atom is 0.324 e. The average Bonchev–Trinajstić information content (AvgIpc) is 3.78. The summed E-state index contributed by atoms with van der Waals surface area (Å²) in [6, 6.07) is 14.3. The third-order valence-corrected chi connectivity index (χ3v) is 10.7. The van der Waals surface area contributed by atoms with Gasteiger partial charge in [-0.15, -0.1) is 10.2 Å². The molecule has 0 unspecified atom stereocenters. The quantitative estimate of drug-likeness (QED) is 0.118. The van der Waals surface area contributed by atoms with Crippen molar-refractivity contribution in [2.24, 2.45) is 5.73 Å². The lowest BCUT2D eigenvalue weighted by Gasteiger charge is -2.36. The van der Waals surface area contributed by atoms with Crippen LogP contribution in [-0.2, 0) is 13.1 Å². The zero-order valence-corrected chi connectivity index (χ0v) is 35.2. The summed E-state index contributed by atoms with van der Waals surface area (Å²) < 4.78 is 57.6. The van der Waals surface area contributed by atoms with Gasteiger partial charge in [0.1, 0.15) is 11.6 Å². The first-order chi connectivity index (χ1) is 29.7. The Morgan fingerprint density at radius 1 is 0.710 bits per heavy atom. The number of halogens is 6. The molecule has 5 heterocycles. The number of urea groups is 2. The first kappa shape index (κ1) is 45.8. The number of rotatable bonds is 10. The number of ketones is 1. The fraction of sp³-hybridized carbons (Fsp3) is 0.341. The van der Waals surface area contributed by atoms with Crippen LogP contribution in [0.5, 0.6) is 0 Å². The largest absolute Gasteiger partial charge is 0.415 e. The van der Waals surface area contributed by atoms with E-state index in [0.717, 1.165) is 26.2 Å². The predicted molar refractivity (Wildman–Crippen MR) is 224 cm³/mol. The molecule has 0 saturated carbocycles. The van der Waals surface area contributed by atoms with Gasteiger partial charge in [0.25, 0.3) is 5.89 Å². The van der Waals surface area contributed by atoms with Gasteiger partial charge >= 0.3 is 18.5 Å². The average molecular weight is 901 g/mol. The molecular weight excluding hydrogens is 857 g/mol. The molecule has 7 rings (SSSR count). The molecule has 2 fully saturated rings. The van der Waals surface area contributed by atoms with E-state index in [4.69, 9.17) is 33.4 Å². The third-order valence-electron chi connectivity index (χ3n) is 10.1. The molecule has 0 aliphatic carbocycles. The number of nitrogens with two attached hydrogens (primary N) is 1. The minimum atomic E-state index is -2.87. The molecule has 2 saturated heterocycles. The van der Waals surface area contributed by atoms with E-state index in [1.165, 1.54) is 58.6 Å². The number of carbonyl (C=O) groups is 3. The Labute approximate surface area is 364 Å². The Morgan fingerprint density at radius 2 is 1.19 bits per heavy atom. The Balaban J connectivity index is 0.000000209. The number of alkyl halides is 2. The fourth-order valence-electron chi connectivity index (χ4n) is 6.39. The summed E-state index contributed by atoms with van der Waals surface area (Å²) in [5, 5.41) is 6.74. The topological polar surface area (TPSA) is 161 Å². The highest BCUT2D eigenvalue weighted by atomic mass is 35.5. The Bertz CT molecular complexity index is 2330. The van der Waals surface area contributed by atoms with Gasteiger partial charge in [-0.3, -0.25) is 24.6 Å². The van der Waals surface area contributed by atoms with E-state index in [9.17, 15) is 31.9 Å². The van der Waals surface area contributed by atoms with Crippen molar-refractivity contribution < 1.29 is 36.4 Å². The van der Waals surface area contributed by atoms with Crippen molar-refractivity contribution in [2.75, 3.05) is 82.8 Å². The van der Waals surface area contributed by atoms with Crippen LogP contribution in [0.2, 0.25) is 10.0 Å². The normalized spacial score (nSPS) is 14.7. The van der Waals surface area contributed by atoms with E-state index in [2.05, 4.69) is 30.0 Å². The standard InChI is InChI=1S/C21H20ClF3N6O2.C20H23ClFN5O2/c1-29-6-8-30(9-7-29)21(32)31(15-4-5-17(23)16(22)10-15)12-14-3-2-13(11-26-14)19-27-28-20(33-19)18(24)25;1-25-6-8-26(9-7-25)20(29)27(16-4-5-18(22)17(21)10-16)13-15-3-2-14(12-24-15)19(28)11-23/h2-5,10-11,18H,6-9,12H2,1H3;2-5,10,12H,6-9,11,13,23H2,1H3. The Hall–Kier alpha value is -5.73. The van der Waals surface area contributed by atoms with Crippen molar-refractivity contribution >= 4 is 52.4 Å². The number of carbonyl (C=O) groups excluding carboxylic acids is 3. The summed E-state index contributed by atoms with van der Waals surface area (Å²) in [5.41, 5.74) is 8.15. The minimum absolute atomic E-state index is 0.0597. The SMILES string of the molecule is CN1CCN(C(=O)N(Cc2ccc(-c3nnc(C(F)F)o3)cn2)c2ccc(F)c(Cl)c2)CC1.CN1CCN(C(=O)N(Cc2ccc(C(=O)CN)cn2)c2ccc(F)c(Cl)c2)CC1. The van der Waals surface area contributed by atoms with Crippen LogP contribution in [0.15, 0.2) is 77.5 Å². The molecule has 2 aliphatic rings. The molecule has 62 heavy (non-hydrogen) atoms. The van der Waals surface area contributed by atoms with Gasteiger partial charge in [0, 0.05) is 81.7 Å². The highest BCUT2D eigenvalue weighted by molar-refractivity contribution is 6.31. The van der Waals surface area contributed by atoms with E-state index in [-0.39, 0.29) is 53.4 Å². The third kappa shape index (κ3) is 11.6. The lowest BCUT2D eigenvalue weighted by molar-refractivity contribution is 0.100. The molecular formula is C41H43Cl2F4N11O4. The predicted octanol–water partition coefficient (Wildman–Crippen LogP) is 6.63. The number of aromatic nitrogens is 4. The molecule has 21 heteroatoms. The summed E-state index contributed by atoms with van der Waals surface area (Å²) in [4.78, 5) is 57.6. The molecule has 0 radical (unpaired) electrons. The Morgan fingerprint density at radius 3 is 1.58 bits per heavy atom. The van der Waals surface area contributed by atoms with E-state index in [0.29, 0.717) is 60.1 Å². The lowest BCUT2D eigenvalue weighted by Crippen LogP contribution is -2.52. The number of likely N-dealkylation sites (N-methyl/N-ethyl adjacent to an activating group) is 2. The van der Waals surface area contributed by atoms with Gasteiger partial charge in [-0.1, -0.05) is 23.2 Å². The first-order valence-corrected chi connectivity index (χ1v) is 20.1. The van der Waals surface area contributed by atoms with Crippen LogP contribution in [0.25, 0.3) is 11.5 Å². The number of pyridine rings is 2. The number of hydrogen-bond acceptors (Lipinski definition) is 11. The van der Waals surface area contributed by atoms with Gasteiger partial charge < -0.3 is 29.8 Å². The number of piperazine rings is 2. The zero-order valence-electron chi connectivity index (χ0n) is 33.7. The smallest absolute Gasteiger partial charge is 0.324 e. The van der Waals surface area contributed by atoms with Crippen LogP contribution < -0.4 is 15.5 Å². The first-order valence-electron chi connectivity index (χ1n) is 19.4. The second-order valence-electron chi connectivity index (χ2n) is 14.5. The van der Waals surface area contributed by atoms with E-state index in [1.54, 1.807) is 34.1 Å². The van der Waals surface area contributed by atoms with E-state index < -0.39 is 24.0 Å². The lowest BCUT2D eigenvalue weighted by atomic mass is 10.1. The minimum Gasteiger partial charge on any atom is -0.415 e. The Kier molecular flexibility index (Phi) is 15.4. The molecule has 4 amide bonds. The van der Waals surface area contributed by atoms with Crippen molar-refractivity contribution in [3.05, 3.63) is 118 Å². The monoisotopic (exact) mass is 899 g/mol. The van der Waals surface area contributed by atoms with Crippen molar-refractivity contribution in [3.8, 4) is 11.5 Å². The molecule has 0 atom stereocenters. The van der Waals surface area contributed by atoms with Crippen molar-refractivity contribution in [2.45, 2.75) is 19.5 Å². The summed E-state index contributed by atoms with van der Waals surface area (Å²) in [5.74, 6) is -2.20. The second kappa shape index (κ2) is 20.9. The number of benzene rings is 2. The number of nitrogens with zero attached hydrogens (tertiary/aromatic N) is 10. The van der Waals surface area contributed by atoms with E-state index >= 15 is 0 Å². The molecule has 328 valence electrons. The number of hydrogen-bond donors (Lipinski definition) is 1. The van der Waals surface area contributed by atoms with Gasteiger partial charge in [-0.2, -0.15) is 8.78 Å². The summed E-state index contributed by atoms with van der Waals surface area (Å²) in [6.07, 6.45) is -0.0234. The summed E-state index contributed by atoms with van der Waals surface area (Å²) in [6.45, 7) is 5.47. The molecule has 2 N–H and O–H groups in total. The molecule has 0 spiro atoms. The summed E-state index contributed by atoms with van der Waals surface area (Å²) in [7, 11) is 3.99. The molecule has 15 nitrogen and oxygen atoms in total. The maximum absolute atomic E-state index is 13.7. The van der Waals surface area contributed by atoms with Crippen molar-refractivity contribution in [1.29, 1.82) is 0 Å². The van der Waals surface area contributed by atoms with Crippen LogP contribution in [0.4, 0.5) is 38.5 Å². The molecule has 2 aromatic carbocycles. The molecule has 2 aliphatic heterocycles. The molecule has 5 aromatic rings. The van der Waals surface area contributed by atoms with Crippen LogP contribution in [0, 0.1) is 11.6 Å². The highest BCUT2D eigenvalue weighted by Gasteiger charge is 2.28. The fourth-order valence-corrected chi connectivity index (χ4v) is 6.74. The number of amides is 4. The number of anilines is 2. The van der Waals surface area contributed by atoms with Crippen molar-refractivity contribution in [1.82, 2.24) is 39.8 Å². The van der Waals surface area contributed by atoms with Gasteiger partial charge in [-0.25, -0.2) is 18.4 Å². The van der Waals surface area contributed by atoms with Gasteiger partial charge in [0.15, 0.2) is 5.78 Å². The zero-order chi connectivity index (χ0) is 44.5. The van der Waals surface area contributed by atoms with Crippen LogP contribution in [-0.4, -0.2) is 131 Å². The van der Waals surface area contributed by atoms with Gasteiger partial charge in [0.2, 0.25) is 5.89 Å². The van der Waals surface area contributed by atoms with Crippen LogP contribution in [0.1, 0.15) is 34.1 Å². The second-order valence-corrected chi connectivity index (χ2v) is 15.3. The molecule has 3 aromatic heterocycles.